The van der Waals surface area contributed by atoms with Gasteiger partial charge in [-0.1, -0.05) is 49.2 Å². The van der Waals surface area contributed by atoms with Gasteiger partial charge >= 0.3 is 0 Å². The van der Waals surface area contributed by atoms with Crippen molar-refractivity contribution in [1.29, 1.82) is 0 Å². The lowest BCUT2D eigenvalue weighted by Crippen LogP contribution is -2.44. The van der Waals surface area contributed by atoms with Crippen LogP contribution in [0.1, 0.15) is 50.2 Å². The molecule has 0 bridgehead atoms. The van der Waals surface area contributed by atoms with E-state index in [4.69, 9.17) is 23.2 Å². The van der Waals surface area contributed by atoms with Gasteiger partial charge in [0.2, 0.25) is 5.91 Å². The zero-order valence-corrected chi connectivity index (χ0v) is 19.5. The summed E-state index contributed by atoms with van der Waals surface area (Å²) < 4.78 is 0. The number of amides is 1. The first-order valence-corrected chi connectivity index (χ1v) is 11.0. The number of ketones is 1. The third kappa shape index (κ3) is 3.93. The summed E-state index contributed by atoms with van der Waals surface area (Å²) >= 11 is 12.5. The number of hydrogen-bond donors (Lipinski definition) is 0. The van der Waals surface area contributed by atoms with Crippen LogP contribution in [0.25, 0.3) is 0 Å². The highest BCUT2D eigenvalue weighted by molar-refractivity contribution is 6.35. The zero-order chi connectivity index (χ0) is 23.4. The maximum atomic E-state index is 13.5. The number of carbonyl (C=O) groups is 2. The van der Waals surface area contributed by atoms with Crippen LogP contribution in [0.5, 0.6) is 0 Å². The average molecular weight is 473 g/mol. The molecule has 0 spiro atoms. The van der Waals surface area contributed by atoms with Crippen LogP contribution in [0.2, 0.25) is 10.0 Å². The molecule has 0 fully saturated rings. The van der Waals surface area contributed by atoms with Gasteiger partial charge in [-0.2, -0.15) is 0 Å². The van der Waals surface area contributed by atoms with Crippen LogP contribution in [0.3, 0.4) is 0 Å². The number of anilines is 1. The van der Waals surface area contributed by atoms with Gasteiger partial charge in [-0.3, -0.25) is 24.6 Å². The largest absolute Gasteiger partial charge is 0.294 e. The summed E-state index contributed by atoms with van der Waals surface area (Å²) in [5, 5.41) is 12.6. The molecule has 166 valence electrons. The second-order valence-corrected chi connectivity index (χ2v) is 10.0. The molecule has 0 saturated carbocycles. The molecule has 0 aromatic heterocycles. The number of hydrogen-bond acceptors (Lipinski definition) is 4. The van der Waals surface area contributed by atoms with Crippen molar-refractivity contribution in [2.75, 3.05) is 4.90 Å². The molecule has 0 saturated heterocycles. The molecule has 1 heterocycles. The number of benzene rings is 2. The summed E-state index contributed by atoms with van der Waals surface area (Å²) in [6, 6.07) is 9.77. The minimum absolute atomic E-state index is 0.0165. The fourth-order valence-electron chi connectivity index (χ4n) is 4.71. The molecule has 0 N–H and O–H groups in total. The zero-order valence-electron chi connectivity index (χ0n) is 17.9. The van der Waals surface area contributed by atoms with Gasteiger partial charge in [0, 0.05) is 46.1 Å². The summed E-state index contributed by atoms with van der Waals surface area (Å²) in [7, 11) is 0. The van der Waals surface area contributed by atoms with Crippen LogP contribution in [0, 0.1) is 22.5 Å². The predicted octanol–water partition coefficient (Wildman–Crippen LogP) is 6.37. The molecule has 6 nitrogen and oxygen atoms in total. The quantitative estimate of drug-likeness (QED) is 0.383. The van der Waals surface area contributed by atoms with Crippen LogP contribution < -0.4 is 4.90 Å². The number of rotatable bonds is 3. The number of halogens is 2. The molecule has 1 unspecified atom stereocenters. The Morgan fingerprint density at radius 2 is 1.81 bits per heavy atom. The van der Waals surface area contributed by atoms with Gasteiger partial charge in [0.1, 0.15) is 5.69 Å². The lowest BCUT2D eigenvalue weighted by molar-refractivity contribution is -0.384. The Balaban J connectivity index is 1.96. The molecular formula is C24H22Cl2N2O4. The monoisotopic (exact) mass is 472 g/mol. The molecule has 2 aliphatic rings. The Labute approximate surface area is 196 Å². The highest BCUT2D eigenvalue weighted by Crippen LogP contribution is 2.50. The van der Waals surface area contributed by atoms with Gasteiger partial charge in [0.25, 0.3) is 5.69 Å². The van der Waals surface area contributed by atoms with E-state index < -0.39 is 10.8 Å². The lowest BCUT2D eigenvalue weighted by Gasteiger charge is -2.42. The first-order chi connectivity index (χ1) is 15.0. The minimum atomic E-state index is -0.522. The maximum absolute atomic E-state index is 13.5. The standard InChI is InChI=1S/C24H22Cl2N2O4/c1-13-4-7-18(19(8-13)28(31)32)27-20-11-24(2,3)12-21(29)23(20)16(10-22(27)30)15-6-5-14(25)9-17(15)26/h4-9,16H,10-12H2,1-3H3. The van der Waals surface area contributed by atoms with E-state index in [1.807, 2.05) is 13.8 Å². The Kier molecular flexibility index (Phi) is 5.63. The average Bonchev–Trinajstić information content (AvgIpc) is 2.67. The van der Waals surface area contributed by atoms with E-state index in [9.17, 15) is 19.7 Å². The Morgan fingerprint density at radius 3 is 2.47 bits per heavy atom. The molecule has 2 aromatic carbocycles. The molecule has 32 heavy (non-hydrogen) atoms. The van der Waals surface area contributed by atoms with E-state index in [1.54, 1.807) is 37.3 Å². The topological polar surface area (TPSA) is 80.5 Å². The van der Waals surface area contributed by atoms with Crippen molar-refractivity contribution in [3.05, 3.63) is 79.0 Å². The number of allylic oxidation sites excluding steroid dienone is 2. The second kappa shape index (κ2) is 8.01. The smallest absolute Gasteiger partial charge is 0.293 e. The molecule has 0 radical (unpaired) electrons. The number of nitro benzene ring substituents is 1. The molecule has 1 amide bonds. The molecule has 1 aliphatic carbocycles. The highest BCUT2D eigenvalue weighted by atomic mass is 35.5. The van der Waals surface area contributed by atoms with Gasteiger partial charge < -0.3 is 0 Å². The van der Waals surface area contributed by atoms with Crippen molar-refractivity contribution in [2.24, 2.45) is 5.41 Å². The van der Waals surface area contributed by atoms with E-state index in [2.05, 4.69) is 0 Å². The third-order valence-electron chi connectivity index (χ3n) is 6.05. The first-order valence-electron chi connectivity index (χ1n) is 10.3. The van der Waals surface area contributed by atoms with E-state index in [0.29, 0.717) is 45.3 Å². The highest BCUT2D eigenvalue weighted by Gasteiger charge is 2.46. The Morgan fingerprint density at radius 1 is 1.09 bits per heavy atom. The normalized spacial score (nSPS) is 20.4. The van der Waals surface area contributed by atoms with Gasteiger partial charge in [0.05, 0.1) is 4.92 Å². The SMILES string of the molecule is Cc1ccc(N2C(=O)CC(c3ccc(Cl)cc3Cl)C3=C2CC(C)(C)CC3=O)c([N+](=O)[O-])c1. The molecule has 8 heteroatoms. The summed E-state index contributed by atoms with van der Waals surface area (Å²) in [4.78, 5) is 39.5. The van der Waals surface area contributed by atoms with Crippen molar-refractivity contribution in [3.63, 3.8) is 0 Å². The Bertz CT molecular complexity index is 1200. The van der Waals surface area contributed by atoms with E-state index in [0.717, 1.165) is 0 Å². The molecule has 4 rings (SSSR count). The number of nitrogens with zero attached hydrogens (tertiary/aromatic N) is 2. The van der Waals surface area contributed by atoms with Crippen molar-refractivity contribution in [2.45, 2.75) is 46.0 Å². The van der Waals surface area contributed by atoms with Crippen molar-refractivity contribution < 1.29 is 14.5 Å². The predicted molar refractivity (Wildman–Crippen MR) is 124 cm³/mol. The molecule has 1 atom stereocenters. The van der Waals surface area contributed by atoms with Gasteiger partial charge in [-0.15, -0.1) is 0 Å². The second-order valence-electron chi connectivity index (χ2n) is 9.20. The van der Waals surface area contributed by atoms with Crippen LogP contribution in [0.4, 0.5) is 11.4 Å². The molecular weight excluding hydrogens is 451 g/mol. The minimum Gasteiger partial charge on any atom is -0.294 e. The first kappa shape index (κ1) is 22.5. The van der Waals surface area contributed by atoms with Crippen LogP contribution >= 0.6 is 23.2 Å². The number of carbonyl (C=O) groups excluding carboxylic acids is 2. The number of aryl methyl sites for hydroxylation is 1. The summed E-state index contributed by atoms with van der Waals surface area (Å²) in [6.07, 6.45) is 0.746. The van der Waals surface area contributed by atoms with Gasteiger partial charge in [-0.05, 0) is 48.1 Å². The van der Waals surface area contributed by atoms with Crippen LogP contribution in [-0.4, -0.2) is 16.6 Å². The number of nitro groups is 1. The summed E-state index contributed by atoms with van der Waals surface area (Å²) in [5.74, 6) is -0.900. The van der Waals surface area contributed by atoms with E-state index in [1.165, 1.54) is 11.0 Å². The van der Waals surface area contributed by atoms with E-state index in [-0.39, 0.29) is 34.9 Å². The van der Waals surface area contributed by atoms with Crippen molar-refractivity contribution >= 4 is 46.3 Å². The molecule has 1 aliphatic heterocycles. The lowest BCUT2D eigenvalue weighted by atomic mass is 9.69. The fourth-order valence-corrected chi connectivity index (χ4v) is 5.25. The van der Waals surface area contributed by atoms with Gasteiger partial charge in [0.15, 0.2) is 5.78 Å². The summed E-state index contributed by atoms with van der Waals surface area (Å²) in [5.41, 5.74) is 2.02. The Hall–Kier alpha value is -2.70. The third-order valence-corrected chi connectivity index (χ3v) is 6.61. The maximum Gasteiger partial charge on any atom is 0.293 e. The van der Waals surface area contributed by atoms with Crippen LogP contribution in [-0.2, 0) is 9.59 Å². The van der Waals surface area contributed by atoms with E-state index >= 15 is 0 Å². The fraction of sp³-hybridized carbons (Fsp3) is 0.333. The van der Waals surface area contributed by atoms with Crippen LogP contribution in [0.15, 0.2) is 47.7 Å². The van der Waals surface area contributed by atoms with Gasteiger partial charge in [-0.25, -0.2) is 0 Å². The molecule has 2 aromatic rings. The summed E-state index contributed by atoms with van der Waals surface area (Å²) in [6.45, 7) is 5.67. The van der Waals surface area contributed by atoms with Crippen molar-refractivity contribution in [3.8, 4) is 0 Å². The number of Topliss-reactive ketones (excluding diaryl/α,β-unsaturated/α-hetero) is 1. The van der Waals surface area contributed by atoms with Crippen molar-refractivity contribution in [1.82, 2.24) is 0 Å².